The average molecular weight is 300 g/mol. The van der Waals surface area contributed by atoms with Crippen LogP contribution in [0.15, 0.2) is 22.7 Å². The smallest absolute Gasteiger partial charge is 0.323 e. The minimum absolute atomic E-state index is 0.208. The molecule has 0 saturated heterocycles. The van der Waals surface area contributed by atoms with E-state index in [4.69, 9.17) is 16.1 Å². The number of hydrogen-bond donors (Lipinski definition) is 1. The molecule has 102 valence electrons. The molecule has 0 fully saturated rings. The Hall–Kier alpha value is -1.53. The summed E-state index contributed by atoms with van der Waals surface area (Å²) in [5.74, 6) is 1.08. The van der Waals surface area contributed by atoms with Gasteiger partial charge < -0.3 is 9.42 Å². The van der Waals surface area contributed by atoms with E-state index in [1.807, 2.05) is 19.1 Å². The average Bonchev–Trinajstić information content (AvgIpc) is 2.95. The Morgan fingerprint density at radius 1 is 1.58 bits per heavy atom. The van der Waals surface area contributed by atoms with Gasteiger partial charge in [-0.3, -0.25) is 5.32 Å². The molecule has 0 bridgehead atoms. The van der Waals surface area contributed by atoms with E-state index < -0.39 is 0 Å². The standard InChI is InChI=1S/C12H14ClN3O2S/c1-3-16(7-9-4-5-10(13)19-9)12(17)14-11-6-8(2)18-15-11/h4-6H,3,7H2,1-2H3,(H,14,15,17). The molecule has 7 heteroatoms. The number of anilines is 1. The van der Waals surface area contributed by atoms with Crippen molar-refractivity contribution >= 4 is 34.8 Å². The summed E-state index contributed by atoms with van der Waals surface area (Å²) in [7, 11) is 0. The maximum Gasteiger partial charge on any atom is 0.323 e. The van der Waals surface area contributed by atoms with E-state index in [2.05, 4.69) is 10.5 Å². The van der Waals surface area contributed by atoms with Crippen molar-refractivity contribution in [1.82, 2.24) is 10.1 Å². The molecule has 0 atom stereocenters. The van der Waals surface area contributed by atoms with Crippen LogP contribution in [0.4, 0.5) is 10.6 Å². The number of nitrogens with zero attached hydrogens (tertiary/aromatic N) is 2. The molecule has 0 aliphatic rings. The Morgan fingerprint density at radius 3 is 2.89 bits per heavy atom. The number of hydrogen-bond acceptors (Lipinski definition) is 4. The SMILES string of the molecule is CCN(Cc1ccc(Cl)s1)C(=O)Nc1cc(C)on1. The monoisotopic (exact) mass is 299 g/mol. The van der Waals surface area contributed by atoms with Gasteiger partial charge in [0.25, 0.3) is 0 Å². The van der Waals surface area contributed by atoms with Crippen LogP contribution in [0.1, 0.15) is 17.6 Å². The molecule has 2 rings (SSSR count). The van der Waals surface area contributed by atoms with Crippen molar-refractivity contribution in [3.8, 4) is 0 Å². The number of thiophene rings is 1. The first-order chi connectivity index (χ1) is 9.08. The Kier molecular flexibility index (Phi) is 4.44. The highest BCUT2D eigenvalue weighted by atomic mass is 35.5. The maximum atomic E-state index is 12.1. The lowest BCUT2D eigenvalue weighted by Crippen LogP contribution is -2.34. The predicted molar refractivity (Wildman–Crippen MR) is 75.7 cm³/mol. The number of urea groups is 1. The third-order valence-electron chi connectivity index (χ3n) is 2.51. The van der Waals surface area contributed by atoms with Gasteiger partial charge in [0.2, 0.25) is 0 Å². The van der Waals surface area contributed by atoms with E-state index >= 15 is 0 Å². The van der Waals surface area contributed by atoms with E-state index in [9.17, 15) is 4.79 Å². The zero-order chi connectivity index (χ0) is 13.8. The summed E-state index contributed by atoms with van der Waals surface area (Å²) in [6.45, 7) is 4.81. The van der Waals surface area contributed by atoms with Crippen molar-refractivity contribution in [2.24, 2.45) is 0 Å². The van der Waals surface area contributed by atoms with Crippen molar-refractivity contribution in [2.75, 3.05) is 11.9 Å². The predicted octanol–water partition coefficient (Wildman–Crippen LogP) is 3.75. The minimum atomic E-state index is -0.208. The first kappa shape index (κ1) is 13.9. The summed E-state index contributed by atoms with van der Waals surface area (Å²) in [5.41, 5.74) is 0. The zero-order valence-electron chi connectivity index (χ0n) is 10.6. The first-order valence-corrected chi connectivity index (χ1v) is 7.01. The molecule has 0 saturated carbocycles. The molecule has 0 aromatic carbocycles. The molecule has 0 spiro atoms. The summed E-state index contributed by atoms with van der Waals surface area (Å²) < 4.78 is 5.62. The normalized spacial score (nSPS) is 10.5. The highest BCUT2D eigenvalue weighted by molar-refractivity contribution is 7.16. The fraction of sp³-hybridized carbons (Fsp3) is 0.333. The minimum Gasteiger partial charge on any atom is -0.360 e. The van der Waals surface area contributed by atoms with E-state index in [0.29, 0.717) is 24.7 Å². The third kappa shape index (κ3) is 3.71. The zero-order valence-corrected chi connectivity index (χ0v) is 12.2. The first-order valence-electron chi connectivity index (χ1n) is 5.82. The summed E-state index contributed by atoms with van der Waals surface area (Å²) in [6, 6.07) is 5.21. The van der Waals surface area contributed by atoms with Gasteiger partial charge in [-0.05, 0) is 26.0 Å². The molecule has 5 nitrogen and oxygen atoms in total. The number of rotatable bonds is 4. The number of carbonyl (C=O) groups excluding carboxylic acids is 1. The summed E-state index contributed by atoms with van der Waals surface area (Å²) in [6.07, 6.45) is 0. The van der Waals surface area contributed by atoms with Crippen molar-refractivity contribution < 1.29 is 9.32 Å². The number of halogens is 1. The van der Waals surface area contributed by atoms with E-state index in [1.54, 1.807) is 17.9 Å². The van der Waals surface area contributed by atoms with Crippen molar-refractivity contribution in [3.63, 3.8) is 0 Å². The number of carbonyl (C=O) groups is 1. The van der Waals surface area contributed by atoms with Gasteiger partial charge in [0.1, 0.15) is 5.76 Å². The molecule has 19 heavy (non-hydrogen) atoms. The molecule has 2 heterocycles. The topological polar surface area (TPSA) is 58.4 Å². The van der Waals surface area contributed by atoms with Crippen molar-refractivity contribution in [2.45, 2.75) is 20.4 Å². The lowest BCUT2D eigenvalue weighted by Gasteiger charge is -2.19. The molecule has 2 aromatic rings. The summed E-state index contributed by atoms with van der Waals surface area (Å²) >= 11 is 7.35. The quantitative estimate of drug-likeness (QED) is 0.935. The van der Waals surface area contributed by atoms with Gasteiger partial charge in [0, 0.05) is 17.5 Å². The van der Waals surface area contributed by atoms with Gasteiger partial charge >= 0.3 is 6.03 Å². The molecule has 1 N–H and O–H groups in total. The highest BCUT2D eigenvalue weighted by Gasteiger charge is 2.14. The van der Waals surface area contributed by atoms with Crippen molar-refractivity contribution in [3.05, 3.63) is 33.2 Å². The van der Waals surface area contributed by atoms with Crippen LogP contribution >= 0.6 is 22.9 Å². The summed E-state index contributed by atoms with van der Waals surface area (Å²) in [5, 5.41) is 6.43. The Bertz CT molecular complexity index is 567. The number of aryl methyl sites for hydroxylation is 1. The van der Waals surface area contributed by atoms with Crippen LogP contribution in [0.2, 0.25) is 4.34 Å². The fourth-order valence-electron chi connectivity index (χ4n) is 1.57. The Balaban J connectivity index is 1.98. The molecule has 0 aliphatic carbocycles. The van der Waals surface area contributed by atoms with Crippen LogP contribution < -0.4 is 5.32 Å². The Morgan fingerprint density at radius 2 is 2.37 bits per heavy atom. The van der Waals surface area contributed by atoms with Crippen LogP contribution in [0.3, 0.4) is 0 Å². The number of amides is 2. The van der Waals surface area contributed by atoms with Gasteiger partial charge in [0.05, 0.1) is 10.9 Å². The number of aromatic nitrogens is 1. The third-order valence-corrected chi connectivity index (χ3v) is 3.72. The van der Waals surface area contributed by atoms with Crippen LogP contribution in [-0.4, -0.2) is 22.6 Å². The van der Waals surface area contributed by atoms with Gasteiger partial charge in [0.15, 0.2) is 5.82 Å². The molecule has 0 radical (unpaired) electrons. The maximum absolute atomic E-state index is 12.1. The van der Waals surface area contributed by atoms with Gasteiger partial charge in [-0.1, -0.05) is 16.8 Å². The largest absolute Gasteiger partial charge is 0.360 e. The van der Waals surface area contributed by atoms with Crippen LogP contribution in [0.25, 0.3) is 0 Å². The van der Waals surface area contributed by atoms with Crippen LogP contribution in [-0.2, 0) is 6.54 Å². The lowest BCUT2D eigenvalue weighted by molar-refractivity contribution is 0.212. The van der Waals surface area contributed by atoms with E-state index in [1.165, 1.54) is 11.3 Å². The molecule has 2 amide bonds. The summed E-state index contributed by atoms with van der Waals surface area (Å²) in [4.78, 5) is 14.8. The lowest BCUT2D eigenvalue weighted by atomic mass is 10.4. The van der Waals surface area contributed by atoms with E-state index in [-0.39, 0.29) is 6.03 Å². The van der Waals surface area contributed by atoms with Crippen LogP contribution in [0, 0.1) is 6.92 Å². The van der Waals surface area contributed by atoms with E-state index in [0.717, 1.165) is 9.21 Å². The van der Waals surface area contributed by atoms with Gasteiger partial charge in [-0.25, -0.2) is 4.79 Å². The highest BCUT2D eigenvalue weighted by Crippen LogP contribution is 2.22. The molecule has 0 aliphatic heterocycles. The second kappa shape index (κ2) is 6.08. The second-order valence-electron chi connectivity index (χ2n) is 3.97. The molecule has 0 unspecified atom stereocenters. The second-order valence-corrected chi connectivity index (χ2v) is 5.77. The van der Waals surface area contributed by atoms with Gasteiger partial charge in [-0.2, -0.15) is 0 Å². The number of nitrogens with one attached hydrogen (secondary N) is 1. The fourth-order valence-corrected chi connectivity index (χ4v) is 2.67. The molecular weight excluding hydrogens is 286 g/mol. The van der Waals surface area contributed by atoms with Crippen LogP contribution in [0.5, 0.6) is 0 Å². The molecule has 2 aromatic heterocycles. The van der Waals surface area contributed by atoms with Gasteiger partial charge in [-0.15, -0.1) is 11.3 Å². The van der Waals surface area contributed by atoms with Crippen molar-refractivity contribution in [1.29, 1.82) is 0 Å². The Labute approximate surface area is 120 Å². The molecular formula is C12H14ClN3O2S.